The zero-order valence-electron chi connectivity index (χ0n) is 17.8. The van der Waals surface area contributed by atoms with Gasteiger partial charge in [0.25, 0.3) is 0 Å². The number of H-pyrrole nitrogens is 1. The number of ether oxygens (including phenoxy) is 1. The number of aliphatic hydroxyl groups is 1. The normalized spacial score (nSPS) is 12.8. The van der Waals surface area contributed by atoms with E-state index in [2.05, 4.69) is 15.0 Å². The van der Waals surface area contributed by atoms with Crippen LogP contribution in [0.25, 0.3) is 21.8 Å². The molecule has 1 unspecified atom stereocenters. The summed E-state index contributed by atoms with van der Waals surface area (Å²) in [5.74, 6) is 0.505. The van der Waals surface area contributed by atoms with E-state index in [9.17, 15) is 18.6 Å². The minimum Gasteiger partial charge on any atom is -0.506 e. The van der Waals surface area contributed by atoms with Gasteiger partial charge in [-0.1, -0.05) is 17.7 Å². The molecule has 0 saturated carbocycles. The Hall–Kier alpha value is -2.98. The van der Waals surface area contributed by atoms with Crippen molar-refractivity contribution in [3.8, 4) is 11.5 Å². The number of aliphatic hydroxyl groups excluding tert-OH is 1. The lowest BCUT2D eigenvalue weighted by molar-refractivity contribution is 0.172. The van der Waals surface area contributed by atoms with Crippen LogP contribution < -0.4 is 14.8 Å². The minimum atomic E-state index is -3.55. The molecule has 5 N–H and O–H groups in total. The number of fused-ring (bicyclic) bond motifs is 3. The molecule has 0 fully saturated rings. The number of aromatic hydroxyl groups is 1. The van der Waals surface area contributed by atoms with Crippen LogP contribution in [0.2, 0.25) is 5.02 Å². The smallest absolute Gasteiger partial charge is 0.229 e. The van der Waals surface area contributed by atoms with Crippen LogP contribution in [0.15, 0.2) is 54.6 Å². The first-order valence-corrected chi connectivity index (χ1v) is 12.5. The number of hydrogen-bond acceptors (Lipinski definition) is 6. The van der Waals surface area contributed by atoms with Gasteiger partial charge in [-0.25, -0.2) is 8.42 Å². The van der Waals surface area contributed by atoms with Crippen molar-refractivity contribution in [1.82, 2.24) is 10.3 Å². The first-order valence-electron chi connectivity index (χ1n) is 10.2. The van der Waals surface area contributed by atoms with Gasteiger partial charge in [-0.15, -0.1) is 0 Å². The minimum absolute atomic E-state index is 0.0204. The standard InChI is InChI=1S/C23H24ClN3O5S/c1-33(30,31)27-21-10-14(2-7-22(21)28)23(29)13-25-8-9-32-16-4-5-17-18-11-15(24)3-6-19(18)26-20(17)12-16/h2-7,10-12,23,25-29H,8-9,13H2,1H3. The second-order valence-corrected chi connectivity index (χ2v) is 9.93. The number of anilines is 1. The molecule has 1 heterocycles. The number of sulfonamides is 1. The molecule has 0 amide bonds. The Morgan fingerprint density at radius 1 is 1.06 bits per heavy atom. The van der Waals surface area contributed by atoms with Gasteiger partial charge in [-0.05, 0) is 48.0 Å². The SMILES string of the molecule is CS(=O)(=O)Nc1cc(C(O)CNCCOc2ccc3c(c2)[nH]c2ccc(Cl)cc23)ccc1O. The summed E-state index contributed by atoms with van der Waals surface area (Å²) >= 11 is 6.11. The van der Waals surface area contributed by atoms with E-state index in [1.165, 1.54) is 18.2 Å². The van der Waals surface area contributed by atoms with E-state index < -0.39 is 16.1 Å². The van der Waals surface area contributed by atoms with E-state index in [0.29, 0.717) is 23.7 Å². The van der Waals surface area contributed by atoms with E-state index in [0.717, 1.165) is 33.8 Å². The van der Waals surface area contributed by atoms with Gasteiger partial charge in [0.15, 0.2) is 0 Å². The average molecular weight is 490 g/mol. The van der Waals surface area contributed by atoms with Crippen LogP contribution in [0, 0.1) is 0 Å². The summed E-state index contributed by atoms with van der Waals surface area (Å²) in [6, 6.07) is 15.8. The number of benzene rings is 3. The highest BCUT2D eigenvalue weighted by Gasteiger charge is 2.13. The van der Waals surface area contributed by atoms with Crippen molar-refractivity contribution >= 4 is 49.1 Å². The average Bonchev–Trinajstić information content (AvgIpc) is 3.11. The molecular weight excluding hydrogens is 466 g/mol. The van der Waals surface area contributed by atoms with Crippen LogP contribution in [0.4, 0.5) is 5.69 Å². The van der Waals surface area contributed by atoms with Gasteiger partial charge in [0.05, 0.1) is 23.6 Å². The summed E-state index contributed by atoms with van der Waals surface area (Å²) in [6.45, 7) is 1.11. The molecule has 0 bridgehead atoms. The zero-order valence-corrected chi connectivity index (χ0v) is 19.4. The second-order valence-electron chi connectivity index (χ2n) is 7.74. The third-order valence-electron chi connectivity index (χ3n) is 5.12. The van der Waals surface area contributed by atoms with Crippen molar-refractivity contribution in [2.75, 3.05) is 30.7 Å². The predicted octanol–water partition coefficient (Wildman–Crippen LogP) is 3.75. The van der Waals surface area contributed by atoms with Gasteiger partial charge >= 0.3 is 0 Å². The predicted molar refractivity (Wildman–Crippen MR) is 131 cm³/mol. The van der Waals surface area contributed by atoms with Crippen LogP contribution in [0.5, 0.6) is 11.5 Å². The van der Waals surface area contributed by atoms with Crippen molar-refractivity contribution < 1.29 is 23.4 Å². The van der Waals surface area contributed by atoms with Crippen LogP contribution in [-0.2, 0) is 10.0 Å². The lowest BCUT2D eigenvalue weighted by atomic mass is 10.1. The monoisotopic (exact) mass is 489 g/mol. The molecule has 174 valence electrons. The molecule has 4 rings (SSSR count). The van der Waals surface area contributed by atoms with E-state index in [1.807, 2.05) is 36.4 Å². The van der Waals surface area contributed by atoms with E-state index in [4.69, 9.17) is 16.3 Å². The molecule has 0 aliphatic carbocycles. The maximum Gasteiger partial charge on any atom is 0.229 e. The van der Waals surface area contributed by atoms with Gasteiger partial charge in [0.1, 0.15) is 18.1 Å². The first kappa shape index (κ1) is 23.2. The highest BCUT2D eigenvalue weighted by molar-refractivity contribution is 7.92. The Kier molecular flexibility index (Phi) is 6.66. The first-order chi connectivity index (χ1) is 15.7. The third kappa shape index (κ3) is 5.69. The summed E-state index contributed by atoms with van der Waals surface area (Å²) in [4.78, 5) is 3.35. The van der Waals surface area contributed by atoms with Crippen LogP contribution in [-0.4, -0.2) is 49.6 Å². The van der Waals surface area contributed by atoms with Gasteiger partial charge in [0, 0.05) is 40.5 Å². The van der Waals surface area contributed by atoms with E-state index >= 15 is 0 Å². The molecule has 1 atom stereocenters. The molecule has 0 radical (unpaired) electrons. The van der Waals surface area contributed by atoms with E-state index in [-0.39, 0.29) is 18.0 Å². The number of aromatic amines is 1. The fraction of sp³-hybridized carbons (Fsp3) is 0.217. The summed E-state index contributed by atoms with van der Waals surface area (Å²) in [5.41, 5.74) is 2.45. The lowest BCUT2D eigenvalue weighted by Crippen LogP contribution is -2.26. The Labute approximate surface area is 196 Å². The summed E-state index contributed by atoms with van der Waals surface area (Å²) in [5, 5.41) is 26.1. The molecule has 0 aliphatic heterocycles. The van der Waals surface area contributed by atoms with Gasteiger partial charge in [-0.2, -0.15) is 0 Å². The van der Waals surface area contributed by atoms with Crippen LogP contribution in [0.3, 0.4) is 0 Å². The fourth-order valence-electron chi connectivity index (χ4n) is 3.58. The number of phenols is 1. The van der Waals surface area contributed by atoms with Crippen molar-refractivity contribution in [1.29, 1.82) is 0 Å². The maximum absolute atomic E-state index is 11.4. The highest BCUT2D eigenvalue weighted by Crippen LogP contribution is 2.30. The van der Waals surface area contributed by atoms with Crippen molar-refractivity contribution in [3.63, 3.8) is 0 Å². The van der Waals surface area contributed by atoms with Crippen LogP contribution in [0.1, 0.15) is 11.7 Å². The van der Waals surface area contributed by atoms with Crippen molar-refractivity contribution in [2.45, 2.75) is 6.10 Å². The Balaban J connectivity index is 1.30. The number of aromatic nitrogens is 1. The topological polar surface area (TPSA) is 124 Å². The van der Waals surface area contributed by atoms with Crippen LogP contribution >= 0.6 is 11.6 Å². The Morgan fingerprint density at radius 3 is 2.67 bits per heavy atom. The molecule has 4 aromatic rings. The van der Waals surface area contributed by atoms with E-state index in [1.54, 1.807) is 0 Å². The number of hydrogen-bond donors (Lipinski definition) is 5. The fourth-order valence-corrected chi connectivity index (χ4v) is 4.32. The molecular formula is C23H24ClN3O5S. The summed E-state index contributed by atoms with van der Waals surface area (Å²) in [7, 11) is -3.55. The lowest BCUT2D eigenvalue weighted by Gasteiger charge is -2.15. The second kappa shape index (κ2) is 9.48. The third-order valence-corrected chi connectivity index (χ3v) is 5.94. The molecule has 8 nitrogen and oxygen atoms in total. The number of phenolic OH excluding ortho intramolecular Hbond substituents is 1. The molecule has 0 spiro atoms. The molecule has 3 aromatic carbocycles. The highest BCUT2D eigenvalue weighted by atomic mass is 35.5. The quantitative estimate of drug-likeness (QED) is 0.180. The zero-order chi connectivity index (χ0) is 23.6. The molecule has 0 aliphatic rings. The number of halogens is 1. The largest absolute Gasteiger partial charge is 0.506 e. The summed E-state index contributed by atoms with van der Waals surface area (Å²) in [6.07, 6.45) is 0.100. The van der Waals surface area contributed by atoms with Gasteiger partial charge in [-0.3, -0.25) is 4.72 Å². The Bertz CT molecular complexity index is 1400. The van der Waals surface area contributed by atoms with Gasteiger partial charge in [0.2, 0.25) is 10.0 Å². The molecule has 10 heteroatoms. The number of nitrogens with one attached hydrogen (secondary N) is 3. The van der Waals surface area contributed by atoms with Crippen molar-refractivity contribution in [3.05, 3.63) is 65.2 Å². The van der Waals surface area contributed by atoms with Gasteiger partial charge < -0.3 is 25.3 Å². The Morgan fingerprint density at radius 2 is 1.88 bits per heavy atom. The van der Waals surface area contributed by atoms with Crippen molar-refractivity contribution in [2.24, 2.45) is 0 Å². The summed E-state index contributed by atoms with van der Waals surface area (Å²) < 4.78 is 30.9. The maximum atomic E-state index is 11.4. The molecule has 1 aromatic heterocycles. The molecule has 0 saturated heterocycles. The number of rotatable bonds is 9. The molecule has 33 heavy (non-hydrogen) atoms.